The van der Waals surface area contributed by atoms with E-state index in [2.05, 4.69) is 10.6 Å². The molecule has 3 aromatic rings. The Morgan fingerprint density at radius 1 is 0.926 bits per heavy atom. The molecule has 5 heteroatoms. The van der Waals surface area contributed by atoms with E-state index in [9.17, 15) is 9.90 Å². The maximum atomic E-state index is 12.1. The maximum Gasteiger partial charge on any atom is 0.262 e. The van der Waals surface area contributed by atoms with Crippen LogP contribution in [0.2, 0.25) is 0 Å². The molecule has 0 bridgehead atoms. The van der Waals surface area contributed by atoms with Gasteiger partial charge in [0, 0.05) is 23.5 Å². The Hall–Kier alpha value is -3.47. The SMILES string of the molecule is Cc1ccc(NC(=O)COc2ccccc2CNc2ccc(O)cc2)cc1. The zero-order chi connectivity index (χ0) is 19.1. The van der Waals surface area contributed by atoms with Crippen molar-refractivity contribution in [2.75, 3.05) is 17.2 Å². The molecular weight excluding hydrogens is 340 g/mol. The second-order valence-corrected chi connectivity index (χ2v) is 6.21. The Balaban J connectivity index is 1.56. The zero-order valence-electron chi connectivity index (χ0n) is 15.1. The summed E-state index contributed by atoms with van der Waals surface area (Å²) in [5.74, 6) is 0.673. The van der Waals surface area contributed by atoms with E-state index in [1.165, 1.54) is 0 Å². The van der Waals surface area contributed by atoms with Crippen LogP contribution in [0.25, 0.3) is 0 Å². The van der Waals surface area contributed by atoms with Gasteiger partial charge in [-0.15, -0.1) is 0 Å². The van der Waals surface area contributed by atoms with Gasteiger partial charge in [0.2, 0.25) is 0 Å². The Morgan fingerprint density at radius 3 is 2.33 bits per heavy atom. The van der Waals surface area contributed by atoms with Gasteiger partial charge in [-0.05, 0) is 49.4 Å². The summed E-state index contributed by atoms with van der Waals surface area (Å²) in [6, 6.07) is 22.0. The molecule has 3 aromatic carbocycles. The molecule has 0 aliphatic heterocycles. The fourth-order valence-corrected chi connectivity index (χ4v) is 2.54. The Morgan fingerprint density at radius 2 is 1.59 bits per heavy atom. The van der Waals surface area contributed by atoms with Crippen LogP contribution >= 0.6 is 0 Å². The Kier molecular flexibility index (Phi) is 5.94. The molecule has 0 saturated heterocycles. The van der Waals surface area contributed by atoms with E-state index in [1.54, 1.807) is 24.3 Å². The highest BCUT2D eigenvalue weighted by Crippen LogP contribution is 2.21. The highest BCUT2D eigenvalue weighted by Gasteiger charge is 2.07. The van der Waals surface area contributed by atoms with Gasteiger partial charge in [0.05, 0.1) is 0 Å². The standard InChI is InChI=1S/C22H22N2O3/c1-16-6-8-19(9-7-16)24-22(26)15-27-21-5-3-2-4-17(21)14-23-18-10-12-20(25)13-11-18/h2-13,23,25H,14-15H2,1H3,(H,24,26). The van der Waals surface area contributed by atoms with Crippen molar-refractivity contribution in [2.24, 2.45) is 0 Å². The number of hydrogen-bond acceptors (Lipinski definition) is 4. The van der Waals surface area contributed by atoms with E-state index in [0.29, 0.717) is 12.3 Å². The molecule has 0 heterocycles. The van der Waals surface area contributed by atoms with E-state index in [4.69, 9.17) is 4.74 Å². The van der Waals surface area contributed by atoms with Crippen LogP contribution in [0.4, 0.5) is 11.4 Å². The Labute approximate surface area is 158 Å². The van der Waals surface area contributed by atoms with Gasteiger partial charge in [-0.2, -0.15) is 0 Å². The number of carbonyl (C=O) groups excluding carboxylic acids is 1. The van der Waals surface area contributed by atoms with E-state index in [1.807, 2.05) is 55.5 Å². The number of para-hydroxylation sites is 1. The molecule has 0 aliphatic rings. The molecule has 138 valence electrons. The monoisotopic (exact) mass is 362 g/mol. The van der Waals surface area contributed by atoms with Crippen molar-refractivity contribution in [1.82, 2.24) is 0 Å². The molecule has 0 aromatic heterocycles. The first-order valence-electron chi connectivity index (χ1n) is 8.70. The summed E-state index contributed by atoms with van der Waals surface area (Å²) in [6.45, 7) is 2.47. The predicted molar refractivity (Wildman–Crippen MR) is 107 cm³/mol. The average molecular weight is 362 g/mol. The van der Waals surface area contributed by atoms with Crippen LogP contribution in [0.15, 0.2) is 72.8 Å². The van der Waals surface area contributed by atoms with E-state index in [-0.39, 0.29) is 18.3 Å². The van der Waals surface area contributed by atoms with Crippen molar-refractivity contribution >= 4 is 17.3 Å². The number of ether oxygens (including phenoxy) is 1. The number of phenolic OH excluding ortho intramolecular Hbond substituents is 1. The summed E-state index contributed by atoms with van der Waals surface area (Å²) in [6.07, 6.45) is 0. The summed E-state index contributed by atoms with van der Waals surface area (Å²) < 4.78 is 5.71. The van der Waals surface area contributed by atoms with Crippen molar-refractivity contribution in [1.29, 1.82) is 0 Å². The molecule has 0 saturated carbocycles. The van der Waals surface area contributed by atoms with Crippen molar-refractivity contribution in [3.63, 3.8) is 0 Å². The highest BCUT2D eigenvalue weighted by atomic mass is 16.5. The van der Waals surface area contributed by atoms with Gasteiger partial charge in [0.25, 0.3) is 5.91 Å². The number of benzene rings is 3. The lowest BCUT2D eigenvalue weighted by molar-refractivity contribution is -0.118. The van der Waals surface area contributed by atoms with Gasteiger partial charge in [-0.3, -0.25) is 4.79 Å². The van der Waals surface area contributed by atoms with Gasteiger partial charge in [0.1, 0.15) is 11.5 Å². The van der Waals surface area contributed by atoms with Gasteiger partial charge >= 0.3 is 0 Å². The number of anilines is 2. The number of amides is 1. The number of nitrogens with one attached hydrogen (secondary N) is 2. The van der Waals surface area contributed by atoms with E-state index >= 15 is 0 Å². The molecule has 27 heavy (non-hydrogen) atoms. The topological polar surface area (TPSA) is 70.6 Å². The van der Waals surface area contributed by atoms with Crippen molar-refractivity contribution < 1.29 is 14.6 Å². The zero-order valence-corrected chi connectivity index (χ0v) is 15.1. The number of aromatic hydroxyl groups is 1. The van der Waals surface area contributed by atoms with Crippen LogP contribution in [-0.4, -0.2) is 17.6 Å². The quantitative estimate of drug-likeness (QED) is 0.547. The third-order valence-corrected chi connectivity index (χ3v) is 4.02. The van der Waals surface area contributed by atoms with E-state index in [0.717, 1.165) is 22.5 Å². The Bertz CT molecular complexity index is 890. The average Bonchev–Trinajstić information content (AvgIpc) is 2.68. The minimum Gasteiger partial charge on any atom is -0.508 e. The summed E-state index contributed by atoms with van der Waals surface area (Å²) in [5, 5.41) is 15.4. The third-order valence-electron chi connectivity index (χ3n) is 4.02. The van der Waals surface area contributed by atoms with Gasteiger partial charge in [0.15, 0.2) is 6.61 Å². The third kappa shape index (κ3) is 5.51. The minimum absolute atomic E-state index is 0.0654. The first kappa shape index (κ1) is 18.3. The van der Waals surface area contributed by atoms with Gasteiger partial charge < -0.3 is 20.5 Å². The molecule has 0 aliphatic carbocycles. The molecular formula is C22H22N2O3. The van der Waals surface area contributed by atoms with Crippen LogP contribution < -0.4 is 15.4 Å². The maximum absolute atomic E-state index is 12.1. The fourth-order valence-electron chi connectivity index (χ4n) is 2.54. The van der Waals surface area contributed by atoms with Crippen LogP contribution in [0, 0.1) is 6.92 Å². The minimum atomic E-state index is -0.208. The largest absolute Gasteiger partial charge is 0.508 e. The lowest BCUT2D eigenvalue weighted by Gasteiger charge is -2.13. The van der Waals surface area contributed by atoms with Crippen molar-refractivity contribution in [3.05, 3.63) is 83.9 Å². The summed E-state index contributed by atoms with van der Waals surface area (Å²) in [4.78, 5) is 12.1. The normalized spacial score (nSPS) is 10.3. The predicted octanol–water partition coefficient (Wildman–Crippen LogP) is 4.33. The molecule has 5 nitrogen and oxygen atoms in total. The number of aryl methyl sites for hydroxylation is 1. The molecule has 0 unspecified atom stereocenters. The molecule has 0 spiro atoms. The molecule has 1 amide bonds. The summed E-state index contributed by atoms with van der Waals surface area (Å²) in [5.41, 5.74) is 3.71. The number of carbonyl (C=O) groups is 1. The molecule has 0 radical (unpaired) electrons. The first-order valence-corrected chi connectivity index (χ1v) is 8.70. The fraction of sp³-hybridized carbons (Fsp3) is 0.136. The molecule has 3 rings (SSSR count). The van der Waals surface area contributed by atoms with Crippen molar-refractivity contribution in [3.8, 4) is 11.5 Å². The smallest absolute Gasteiger partial charge is 0.262 e. The van der Waals surface area contributed by atoms with Crippen LogP contribution in [0.5, 0.6) is 11.5 Å². The lowest BCUT2D eigenvalue weighted by atomic mass is 10.2. The van der Waals surface area contributed by atoms with Crippen LogP contribution in [0.1, 0.15) is 11.1 Å². The molecule has 0 atom stereocenters. The van der Waals surface area contributed by atoms with Crippen molar-refractivity contribution in [2.45, 2.75) is 13.5 Å². The van der Waals surface area contributed by atoms with Crippen LogP contribution in [0.3, 0.4) is 0 Å². The van der Waals surface area contributed by atoms with Gasteiger partial charge in [-0.25, -0.2) is 0 Å². The second-order valence-electron chi connectivity index (χ2n) is 6.21. The summed E-state index contributed by atoms with van der Waals surface area (Å²) >= 11 is 0. The molecule has 3 N–H and O–H groups in total. The molecule has 0 fully saturated rings. The van der Waals surface area contributed by atoms with E-state index < -0.39 is 0 Å². The number of hydrogen-bond donors (Lipinski definition) is 3. The first-order chi connectivity index (χ1) is 13.1. The van der Waals surface area contributed by atoms with Crippen LogP contribution in [-0.2, 0) is 11.3 Å². The lowest BCUT2D eigenvalue weighted by Crippen LogP contribution is -2.20. The summed E-state index contributed by atoms with van der Waals surface area (Å²) in [7, 11) is 0. The van der Waals surface area contributed by atoms with Gasteiger partial charge in [-0.1, -0.05) is 35.9 Å². The number of phenols is 1. The second kappa shape index (κ2) is 8.76. The number of rotatable bonds is 7. The highest BCUT2D eigenvalue weighted by molar-refractivity contribution is 5.91.